The van der Waals surface area contributed by atoms with E-state index in [0.717, 1.165) is 62.1 Å². The Kier molecular flexibility index (Phi) is 9.40. The van der Waals surface area contributed by atoms with Crippen LogP contribution in [0.1, 0.15) is 160 Å². The van der Waals surface area contributed by atoms with Gasteiger partial charge in [-0.25, -0.2) is 0 Å². The molecule has 0 atom stereocenters. The van der Waals surface area contributed by atoms with E-state index in [-0.39, 0.29) is 21.7 Å². The van der Waals surface area contributed by atoms with E-state index in [1.54, 1.807) is 39.6 Å². The summed E-state index contributed by atoms with van der Waals surface area (Å²) >= 11 is 0. The molecule has 0 spiro atoms. The van der Waals surface area contributed by atoms with Crippen LogP contribution in [0, 0.1) is 0 Å². The lowest BCUT2D eigenvalue weighted by Gasteiger charge is -2.36. The monoisotopic (exact) mass is 594 g/mol. The third-order valence-corrected chi connectivity index (χ3v) is 14.0. The molecule has 0 fully saturated rings. The second kappa shape index (κ2) is 11.9. The van der Waals surface area contributed by atoms with Gasteiger partial charge in [0.15, 0.2) is 0 Å². The number of benzene rings is 2. The largest absolute Gasteiger partial charge is 0.416 e. The van der Waals surface area contributed by atoms with E-state index in [1.165, 1.54) is 25.0 Å². The SMILES string of the molecule is C/C=C(/[Si]c1c2c(cc3c1C(CC)(CC)CC3(CC)CC)C(CC)(CC)CC2(CC)CC)c1ccc(C(F)(F)F)cc1. The Morgan fingerprint density at radius 3 is 1.36 bits per heavy atom. The summed E-state index contributed by atoms with van der Waals surface area (Å²) in [6, 6.07) is 8.61. The maximum Gasteiger partial charge on any atom is 0.416 e. The molecule has 2 aromatic rings. The van der Waals surface area contributed by atoms with Gasteiger partial charge < -0.3 is 0 Å². The molecule has 0 heterocycles. The van der Waals surface area contributed by atoms with Crippen molar-refractivity contribution in [2.75, 3.05) is 0 Å². The fourth-order valence-corrected chi connectivity index (χ4v) is 10.9. The van der Waals surface area contributed by atoms with Gasteiger partial charge in [0.2, 0.25) is 0 Å². The summed E-state index contributed by atoms with van der Waals surface area (Å²) in [5.41, 5.74) is 7.41. The molecule has 4 rings (SSSR count). The Morgan fingerprint density at radius 2 is 1.05 bits per heavy atom. The highest BCUT2D eigenvalue weighted by Gasteiger charge is 2.56. The summed E-state index contributed by atoms with van der Waals surface area (Å²) in [6.45, 7) is 21.2. The van der Waals surface area contributed by atoms with E-state index >= 15 is 0 Å². The quantitative estimate of drug-likeness (QED) is 0.227. The Balaban J connectivity index is 2.10. The van der Waals surface area contributed by atoms with Gasteiger partial charge in [-0.1, -0.05) is 90.0 Å². The number of rotatable bonds is 11. The maximum absolute atomic E-state index is 13.4. The molecule has 0 saturated carbocycles. The molecule has 0 bridgehead atoms. The third-order valence-electron chi connectivity index (χ3n) is 12.4. The third kappa shape index (κ3) is 4.86. The maximum atomic E-state index is 13.4. The van der Waals surface area contributed by atoms with E-state index in [0.29, 0.717) is 9.52 Å². The summed E-state index contributed by atoms with van der Waals surface area (Å²) in [5.74, 6) is 0. The second-order valence-corrected chi connectivity index (χ2v) is 14.6. The van der Waals surface area contributed by atoms with E-state index in [4.69, 9.17) is 0 Å². The molecule has 2 aliphatic carbocycles. The first kappa shape index (κ1) is 33.1. The molecule has 0 aromatic heterocycles. The van der Waals surface area contributed by atoms with Crippen molar-refractivity contribution in [1.82, 2.24) is 0 Å². The molecule has 0 nitrogen and oxygen atoms in total. The zero-order chi connectivity index (χ0) is 31.1. The number of fused-ring (bicyclic) bond motifs is 2. The molecule has 0 N–H and O–H groups in total. The highest BCUT2D eigenvalue weighted by atomic mass is 28.2. The smallest absolute Gasteiger partial charge is 0.166 e. The van der Waals surface area contributed by atoms with Gasteiger partial charge in [-0.3, -0.25) is 0 Å². The van der Waals surface area contributed by atoms with Crippen LogP contribution in [0.2, 0.25) is 0 Å². The molecule has 2 aromatic carbocycles. The van der Waals surface area contributed by atoms with Crippen molar-refractivity contribution in [3.05, 3.63) is 69.8 Å². The van der Waals surface area contributed by atoms with Crippen LogP contribution in [0.4, 0.5) is 13.2 Å². The van der Waals surface area contributed by atoms with Gasteiger partial charge in [0.25, 0.3) is 0 Å². The van der Waals surface area contributed by atoms with Crippen LogP contribution >= 0.6 is 0 Å². The molecular formula is C38H53F3Si. The number of hydrogen-bond donors (Lipinski definition) is 0. The molecule has 0 amide bonds. The molecule has 0 saturated heterocycles. The first-order valence-electron chi connectivity index (χ1n) is 16.7. The first-order chi connectivity index (χ1) is 19.9. The highest BCUT2D eigenvalue weighted by Crippen LogP contribution is 2.61. The van der Waals surface area contributed by atoms with Crippen molar-refractivity contribution in [1.29, 1.82) is 0 Å². The zero-order valence-corrected chi connectivity index (χ0v) is 28.7. The van der Waals surface area contributed by atoms with Gasteiger partial charge in [0.05, 0.1) is 5.56 Å². The van der Waals surface area contributed by atoms with Gasteiger partial charge >= 0.3 is 6.18 Å². The predicted molar refractivity (Wildman–Crippen MR) is 175 cm³/mol. The van der Waals surface area contributed by atoms with Gasteiger partial charge in [-0.15, -0.1) is 0 Å². The summed E-state index contributed by atoms with van der Waals surface area (Å²) in [7, 11) is 0.424. The van der Waals surface area contributed by atoms with Crippen molar-refractivity contribution in [2.45, 2.75) is 154 Å². The normalized spacial score (nSPS) is 20.0. The fourth-order valence-electron chi connectivity index (χ4n) is 9.16. The lowest BCUT2D eigenvalue weighted by atomic mass is 9.70. The van der Waals surface area contributed by atoms with Crippen LogP contribution in [0.15, 0.2) is 36.4 Å². The average Bonchev–Trinajstić information content (AvgIpc) is 3.48. The lowest BCUT2D eigenvalue weighted by molar-refractivity contribution is -0.137. The summed E-state index contributed by atoms with van der Waals surface area (Å²) < 4.78 is 40.3. The number of allylic oxidation sites excluding steroid dienone is 1. The predicted octanol–water partition coefficient (Wildman–Crippen LogP) is 11.1. The summed E-state index contributed by atoms with van der Waals surface area (Å²) in [6.07, 6.45) is 9.32. The molecule has 42 heavy (non-hydrogen) atoms. The fraction of sp³-hybridized carbons (Fsp3) is 0.632. The Bertz CT molecular complexity index is 1220. The first-order valence-corrected chi connectivity index (χ1v) is 17.7. The highest BCUT2D eigenvalue weighted by molar-refractivity contribution is 6.74. The molecule has 230 valence electrons. The van der Waals surface area contributed by atoms with Gasteiger partial charge in [-0.05, 0) is 133 Å². The summed E-state index contributed by atoms with van der Waals surface area (Å²) in [4.78, 5) is 0. The number of halogens is 3. The minimum Gasteiger partial charge on any atom is -0.166 e. The number of hydrogen-bond acceptors (Lipinski definition) is 0. The van der Waals surface area contributed by atoms with Crippen molar-refractivity contribution < 1.29 is 13.2 Å². The van der Waals surface area contributed by atoms with Gasteiger partial charge in [0, 0.05) is 0 Å². The van der Waals surface area contributed by atoms with Crippen molar-refractivity contribution >= 4 is 19.9 Å². The minimum absolute atomic E-state index is 0.134. The van der Waals surface area contributed by atoms with Crippen molar-refractivity contribution in [3.8, 4) is 0 Å². The van der Waals surface area contributed by atoms with Crippen LogP contribution in [0.25, 0.3) is 5.20 Å². The zero-order valence-electron chi connectivity index (χ0n) is 27.7. The average molecular weight is 595 g/mol. The molecule has 0 aliphatic heterocycles. The van der Waals surface area contributed by atoms with E-state index in [9.17, 15) is 13.2 Å². The van der Waals surface area contributed by atoms with E-state index < -0.39 is 11.7 Å². The van der Waals surface area contributed by atoms with Gasteiger partial charge in [-0.2, -0.15) is 13.2 Å². The Labute approximate surface area is 256 Å². The molecule has 0 unspecified atom stereocenters. The lowest BCUT2D eigenvalue weighted by Crippen LogP contribution is -2.38. The topological polar surface area (TPSA) is 0 Å². The Morgan fingerprint density at radius 1 is 0.667 bits per heavy atom. The molecule has 2 radical (unpaired) electrons. The van der Waals surface area contributed by atoms with Crippen LogP contribution in [-0.2, 0) is 27.8 Å². The second-order valence-electron chi connectivity index (χ2n) is 13.3. The van der Waals surface area contributed by atoms with E-state index in [2.05, 4.69) is 74.5 Å². The molecule has 4 heteroatoms. The van der Waals surface area contributed by atoms with Crippen LogP contribution < -0.4 is 5.19 Å². The Hall–Kier alpha value is -1.81. The minimum atomic E-state index is -4.32. The van der Waals surface area contributed by atoms with Crippen molar-refractivity contribution in [3.63, 3.8) is 0 Å². The molecular weight excluding hydrogens is 541 g/mol. The van der Waals surface area contributed by atoms with Crippen LogP contribution in [0.3, 0.4) is 0 Å². The van der Waals surface area contributed by atoms with Crippen LogP contribution in [-0.4, -0.2) is 9.52 Å². The number of alkyl halides is 3. The van der Waals surface area contributed by atoms with Gasteiger partial charge in [0.1, 0.15) is 9.52 Å². The van der Waals surface area contributed by atoms with Crippen LogP contribution in [0.5, 0.6) is 0 Å². The van der Waals surface area contributed by atoms with E-state index in [1.807, 2.05) is 0 Å². The van der Waals surface area contributed by atoms with Crippen molar-refractivity contribution in [2.24, 2.45) is 0 Å². The summed E-state index contributed by atoms with van der Waals surface area (Å²) in [5, 5.41) is 2.72. The molecule has 2 aliphatic rings. The standard InChI is InChI=1S/C38H53F3Si/c1-10-30(26-19-21-27(22-20-26)38(39,40)41)42-33-31-28(34(11-2,12-3)24-36(31,15-6)16-7)23-29-32(33)37(17-8,18-9)25-35(29,13-4)14-5/h10,19-23H,11-18,24-25H2,1-9H3/b30-10+.